The summed E-state index contributed by atoms with van der Waals surface area (Å²) in [5.41, 5.74) is 0.828. The van der Waals surface area contributed by atoms with Crippen LogP contribution in [0.1, 0.15) is 52.3 Å². The lowest BCUT2D eigenvalue weighted by atomic mass is 10.0. The first-order valence-electron chi connectivity index (χ1n) is 9.40. The molecule has 2 atom stereocenters. The molecule has 0 radical (unpaired) electrons. The third-order valence-electron chi connectivity index (χ3n) is 4.75. The second kappa shape index (κ2) is 9.32. The van der Waals surface area contributed by atoms with Gasteiger partial charge in [-0.15, -0.1) is 11.3 Å². The summed E-state index contributed by atoms with van der Waals surface area (Å²) in [4.78, 5) is 40.5. The quantitative estimate of drug-likeness (QED) is 0.708. The summed E-state index contributed by atoms with van der Waals surface area (Å²) in [6.45, 7) is 8.20. The topological polar surface area (TPSA) is 80.1 Å². The van der Waals surface area contributed by atoms with Gasteiger partial charge in [-0.25, -0.2) is 4.79 Å². The van der Waals surface area contributed by atoms with E-state index in [9.17, 15) is 14.4 Å². The molecule has 1 saturated heterocycles. The SMILES string of the molecule is CCOC(=O)c1c(NC(=O)C[NH+]2CCC[C@@H](C)C2)sc(C(=O)N(C)C)c1C. The number of anilines is 1. The highest BCUT2D eigenvalue weighted by Crippen LogP contribution is 2.34. The number of hydrogen-bond donors (Lipinski definition) is 2. The zero-order chi connectivity index (χ0) is 20.1. The van der Waals surface area contributed by atoms with Gasteiger partial charge in [0.05, 0.1) is 30.1 Å². The number of rotatable bonds is 6. The van der Waals surface area contributed by atoms with Crippen LogP contribution in [0.25, 0.3) is 0 Å². The molecule has 0 spiro atoms. The fourth-order valence-electron chi connectivity index (χ4n) is 3.41. The van der Waals surface area contributed by atoms with Crippen LogP contribution in [0.5, 0.6) is 0 Å². The molecule has 2 rings (SSSR count). The van der Waals surface area contributed by atoms with E-state index in [2.05, 4.69) is 12.2 Å². The van der Waals surface area contributed by atoms with E-state index in [0.717, 1.165) is 30.8 Å². The molecule has 1 aromatic heterocycles. The molecule has 1 aliphatic heterocycles. The Balaban J connectivity index is 2.22. The highest BCUT2D eigenvalue weighted by Gasteiger charge is 2.28. The number of esters is 1. The number of quaternary nitrogens is 1. The number of thiophene rings is 1. The van der Waals surface area contributed by atoms with Gasteiger partial charge in [-0.05, 0) is 32.3 Å². The normalized spacial score (nSPS) is 19.4. The molecular weight excluding hydrogens is 366 g/mol. The van der Waals surface area contributed by atoms with E-state index in [1.807, 2.05) is 0 Å². The van der Waals surface area contributed by atoms with Crippen molar-refractivity contribution in [2.75, 3.05) is 45.7 Å². The van der Waals surface area contributed by atoms with Gasteiger partial charge < -0.3 is 19.9 Å². The van der Waals surface area contributed by atoms with E-state index in [1.165, 1.54) is 16.2 Å². The smallest absolute Gasteiger partial charge is 0.341 e. The Morgan fingerprint density at radius 3 is 2.63 bits per heavy atom. The highest BCUT2D eigenvalue weighted by atomic mass is 32.1. The van der Waals surface area contributed by atoms with Crippen molar-refractivity contribution in [2.24, 2.45) is 5.92 Å². The molecule has 0 aromatic carbocycles. The van der Waals surface area contributed by atoms with E-state index in [-0.39, 0.29) is 24.0 Å². The van der Waals surface area contributed by atoms with Crippen molar-refractivity contribution in [3.63, 3.8) is 0 Å². The molecule has 0 bridgehead atoms. The maximum Gasteiger partial charge on any atom is 0.341 e. The molecule has 7 nitrogen and oxygen atoms in total. The molecule has 0 saturated carbocycles. The lowest BCUT2D eigenvalue weighted by molar-refractivity contribution is -0.900. The Morgan fingerprint density at radius 2 is 2.04 bits per heavy atom. The van der Waals surface area contributed by atoms with E-state index in [4.69, 9.17) is 4.74 Å². The van der Waals surface area contributed by atoms with Gasteiger partial charge in [-0.2, -0.15) is 0 Å². The highest BCUT2D eigenvalue weighted by molar-refractivity contribution is 7.18. The average Bonchev–Trinajstić information content (AvgIpc) is 2.90. The molecule has 1 aromatic rings. The van der Waals surface area contributed by atoms with Crippen molar-refractivity contribution in [3.05, 3.63) is 16.0 Å². The van der Waals surface area contributed by atoms with Crippen molar-refractivity contribution in [2.45, 2.75) is 33.6 Å². The molecular formula is C19H30N3O4S+. The molecule has 27 heavy (non-hydrogen) atoms. The predicted molar refractivity (Wildman–Crippen MR) is 106 cm³/mol. The minimum Gasteiger partial charge on any atom is -0.462 e. The fraction of sp³-hybridized carbons (Fsp3) is 0.632. The Labute approximate surface area is 164 Å². The van der Waals surface area contributed by atoms with E-state index < -0.39 is 5.97 Å². The molecule has 1 unspecified atom stereocenters. The summed E-state index contributed by atoms with van der Waals surface area (Å²) >= 11 is 1.13. The summed E-state index contributed by atoms with van der Waals surface area (Å²) < 4.78 is 5.13. The number of nitrogens with one attached hydrogen (secondary N) is 2. The monoisotopic (exact) mass is 396 g/mol. The number of nitrogens with zero attached hydrogens (tertiary/aromatic N) is 1. The van der Waals surface area contributed by atoms with Crippen LogP contribution in [0, 0.1) is 12.8 Å². The maximum atomic E-state index is 12.6. The third-order valence-corrected chi connectivity index (χ3v) is 5.95. The van der Waals surface area contributed by atoms with Crippen LogP contribution in [-0.4, -0.2) is 63.0 Å². The van der Waals surface area contributed by atoms with E-state index in [0.29, 0.717) is 27.9 Å². The number of piperidine rings is 1. The molecule has 2 heterocycles. The standard InChI is InChI=1S/C19H29N3O4S/c1-6-26-19(25)15-13(3)16(18(24)21(4)5)27-17(15)20-14(23)11-22-9-7-8-12(2)10-22/h12H,6-11H2,1-5H3,(H,20,23)/p+1/t12-/m1/s1. The van der Waals surface area contributed by atoms with Crippen molar-refractivity contribution in [1.82, 2.24) is 4.90 Å². The maximum absolute atomic E-state index is 12.6. The first-order valence-corrected chi connectivity index (χ1v) is 10.2. The van der Waals surface area contributed by atoms with Crippen LogP contribution in [0.15, 0.2) is 0 Å². The molecule has 0 aliphatic carbocycles. The van der Waals surface area contributed by atoms with Crippen LogP contribution in [0.3, 0.4) is 0 Å². The average molecular weight is 397 g/mol. The molecule has 1 fully saturated rings. The van der Waals surface area contributed by atoms with Crippen molar-refractivity contribution >= 4 is 34.1 Å². The Morgan fingerprint density at radius 1 is 1.33 bits per heavy atom. The van der Waals surface area contributed by atoms with E-state index in [1.54, 1.807) is 27.9 Å². The number of ether oxygens (including phenoxy) is 1. The largest absolute Gasteiger partial charge is 0.462 e. The zero-order valence-corrected chi connectivity index (χ0v) is 17.6. The zero-order valence-electron chi connectivity index (χ0n) is 16.8. The minimum atomic E-state index is -0.515. The number of carbonyl (C=O) groups excluding carboxylic acids is 3. The summed E-state index contributed by atoms with van der Waals surface area (Å²) in [5, 5.41) is 3.25. The van der Waals surface area contributed by atoms with Gasteiger partial charge in [-0.1, -0.05) is 6.92 Å². The van der Waals surface area contributed by atoms with Crippen molar-refractivity contribution < 1.29 is 24.0 Å². The van der Waals surface area contributed by atoms with Gasteiger partial charge in [0.1, 0.15) is 5.00 Å². The minimum absolute atomic E-state index is 0.144. The summed E-state index contributed by atoms with van der Waals surface area (Å²) in [6.07, 6.45) is 2.33. The van der Waals surface area contributed by atoms with Gasteiger partial charge in [0, 0.05) is 20.0 Å². The molecule has 8 heteroatoms. The Bertz CT molecular complexity index is 714. The molecule has 2 N–H and O–H groups in total. The number of carbonyl (C=O) groups is 3. The van der Waals surface area contributed by atoms with Gasteiger partial charge in [0.25, 0.3) is 11.8 Å². The third kappa shape index (κ3) is 5.29. The number of hydrogen-bond acceptors (Lipinski definition) is 5. The summed E-state index contributed by atoms with van der Waals surface area (Å²) in [6, 6.07) is 0. The van der Waals surface area contributed by atoms with Gasteiger partial charge in [0.15, 0.2) is 6.54 Å². The Kier molecular flexibility index (Phi) is 7.38. The first-order chi connectivity index (χ1) is 12.7. The molecule has 2 amide bonds. The Hall–Kier alpha value is -1.93. The van der Waals surface area contributed by atoms with Crippen molar-refractivity contribution in [1.29, 1.82) is 0 Å². The first kappa shape index (κ1) is 21.4. The number of amides is 2. The van der Waals surface area contributed by atoms with Gasteiger partial charge in [-0.3, -0.25) is 9.59 Å². The lowest BCUT2D eigenvalue weighted by Crippen LogP contribution is -3.14. The second-order valence-electron chi connectivity index (χ2n) is 7.36. The number of likely N-dealkylation sites (tertiary alicyclic amines) is 1. The lowest BCUT2D eigenvalue weighted by Gasteiger charge is -2.27. The summed E-state index contributed by atoms with van der Waals surface area (Å²) in [5.74, 6) is -0.239. The van der Waals surface area contributed by atoms with Crippen LogP contribution < -0.4 is 10.2 Å². The summed E-state index contributed by atoms with van der Waals surface area (Å²) in [7, 11) is 3.31. The van der Waals surface area contributed by atoms with Crippen LogP contribution in [0.2, 0.25) is 0 Å². The van der Waals surface area contributed by atoms with Crippen LogP contribution in [-0.2, 0) is 9.53 Å². The molecule has 1 aliphatic rings. The van der Waals surface area contributed by atoms with Gasteiger partial charge in [0.2, 0.25) is 0 Å². The van der Waals surface area contributed by atoms with Crippen molar-refractivity contribution in [3.8, 4) is 0 Å². The molecule has 150 valence electrons. The van der Waals surface area contributed by atoms with Crippen LogP contribution in [0.4, 0.5) is 5.00 Å². The fourth-order valence-corrected chi connectivity index (χ4v) is 4.65. The second-order valence-corrected chi connectivity index (χ2v) is 8.38. The van der Waals surface area contributed by atoms with Gasteiger partial charge >= 0.3 is 5.97 Å². The van der Waals surface area contributed by atoms with Crippen LogP contribution >= 0.6 is 11.3 Å². The van der Waals surface area contributed by atoms with E-state index >= 15 is 0 Å². The predicted octanol–water partition coefficient (Wildman–Crippen LogP) is 1.19.